The summed E-state index contributed by atoms with van der Waals surface area (Å²) >= 11 is 0. The van der Waals surface area contributed by atoms with E-state index in [0.717, 1.165) is 29.6 Å². The normalized spacial score (nSPS) is 57.0. The summed E-state index contributed by atoms with van der Waals surface area (Å²) in [7, 11) is 0. The van der Waals surface area contributed by atoms with Crippen molar-refractivity contribution in [3.63, 3.8) is 0 Å². The maximum Gasteiger partial charge on any atom is -0.0172 e. The molecule has 5 aliphatic rings. The average Bonchev–Trinajstić information content (AvgIpc) is 2.99. The van der Waals surface area contributed by atoms with Crippen LogP contribution in [0.25, 0.3) is 0 Å². The average molecular weight is 411 g/mol. The summed E-state index contributed by atoms with van der Waals surface area (Å²) in [4.78, 5) is 0. The van der Waals surface area contributed by atoms with Crippen molar-refractivity contribution in [2.45, 2.75) is 119 Å². The largest absolute Gasteiger partial charge is 0.0998 e. The zero-order valence-electron chi connectivity index (χ0n) is 21.4. The van der Waals surface area contributed by atoms with Gasteiger partial charge < -0.3 is 0 Å². The molecule has 0 aromatic rings. The van der Waals surface area contributed by atoms with Gasteiger partial charge in [-0.3, -0.25) is 0 Å². The third-order valence-electron chi connectivity index (χ3n) is 13.2. The number of rotatable bonds is 1. The summed E-state index contributed by atoms with van der Waals surface area (Å²) in [6.45, 7) is 23.0. The number of fused-ring (bicyclic) bond motifs is 7. The number of hydrogen-bond acceptors (Lipinski definition) is 0. The monoisotopic (exact) mass is 410 g/mol. The Labute approximate surface area is 188 Å². The van der Waals surface area contributed by atoms with E-state index in [1.165, 1.54) is 76.2 Å². The van der Waals surface area contributed by atoms with Gasteiger partial charge in [-0.1, -0.05) is 60.1 Å². The van der Waals surface area contributed by atoms with Crippen LogP contribution < -0.4 is 0 Å². The second-order valence-corrected chi connectivity index (χ2v) is 14.7. The van der Waals surface area contributed by atoms with Gasteiger partial charge >= 0.3 is 0 Å². The van der Waals surface area contributed by atoms with Gasteiger partial charge in [0.2, 0.25) is 0 Å². The first-order valence-corrected chi connectivity index (χ1v) is 13.5. The molecule has 0 saturated heterocycles. The summed E-state index contributed by atoms with van der Waals surface area (Å²) in [6.07, 6.45) is 16.2. The molecule has 5 saturated carbocycles. The van der Waals surface area contributed by atoms with Crippen molar-refractivity contribution in [1.82, 2.24) is 0 Å². The van der Waals surface area contributed by atoms with Crippen LogP contribution in [0.5, 0.6) is 0 Å². The van der Waals surface area contributed by atoms with Crippen molar-refractivity contribution in [1.29, 1.82) is 0 Å². The predicted octanol–water partition coefficient (Wildman–Crippen LogP) is 9.05. The molecule has 0 amide bonds. The van der Waals surface area contributed by atoms with E-state index in [1.807, 2.05) is 0 Å². The van der Waals surface area contributed by atoms with E-state index in [9.17, 15) is 0 Å². The van der Waals surface area contributed by atoms with Crippen LogP contribution in [0.1, 0.15) is 119 Å². The fourth-order valence-electron chi connectivity index (χ4n) is 11.6. The molecular weight excluding hydrogens is 360 g/mol. The Kier molecular flexibility index (Phi) is 4.61. The molecule has 0 heteroatoms. The van der Waals surface area contributed by atoms with E-state index in [-0.39, 0.29) is 0 Å². The van der Waals surface area contributed by atoms with Gasteiger partial charge in [0, 0.05) is 0 Å². The summed E-state index contributed by atoms with van der Waals surface area (Å²) in [5.74, 6) is 4.51. The van der Waals surface area contributed by atoms with Crippen LogP contribution in [0, 0.1) is 56.7 Å². The highest BCUT2D eigenvalue weighted by Gasteiger charge is 2.69. The van der Waals surface area contributed by atoms with Gasteiger partial charge in [-0.2, -0.15) is 0 Å². The fourth-order valence-corrected chi connectivity index (χ4v) is 11.6. The zero-order valence-corrected chi connectivity index (χ0v) is 21.4. The Morgan fingerprint density at radius 1 is 0.700 bits per heavy atom. The van der Waals surface area contributed by atoms with Gasteiger partial charge in [0.25, 0.3) is 0 Å². The van der Waals surface area contributed by atoms with Crippen LogP contribution in [-0.2, 0) is 0 Å². The molecule has 0 radical (unpaired) electrons. The van der Waals surface area contributed by atoms with E-state index >= 15 is 0 Å². The van der Waals surface area contributed by atoms with E-state index in [1.54, 1.807) is 0 Å². The van der Waals surface area contributed by atoms with Gasteiger partial charge in [-0.25, -0.2) is 0 Å². The van der Waals surface area contributed by atoms with Crippen LogP contribution in [0.4, 0.5) is 0 Å². The lowest BCUT2D eigenvalue weighted by atomic mass is 9.32. The molecule has 5 aliphatic carbocycles. The van der Waals surface area contributed by atoms with Crippen LogP contribution in [0.2, 0.25) is 0 Å². The molecule has 5 rings (SSSR count). The van der Waals surface area contributed by atoms with Crippen molar-refractivity contribution in [2.75, 3.05) is 0 Å². The zero-order chi connectivity index (χ0) is 21.7. The second kappa shape index (κ2) is 6.41. The topological polar surface area (TPSA) is 0 Å². The van der Waals surface area contributed by atoms with Gasteiger partial charge in [0.05, 0.1) is 0 Å². The molecule has 0 bridgehead atoms. The van der Waals surface area contributed by atoms with Gasteiger partial charge in [0.15, 0.2) is 0 Å². The van der Waals surface area contributed by atoms with Crippen LogP contribution in [-0.4, -0.2) is 0 Å². The molecule has 5 fully saturated rings. The first kappa shape index (κ1) is 21.6. The van der Waals surface area contributed by atoms with Crippen molar-refractivity contribution in [3.8, 4) is 0 Å². The Hall–Kier alpha value is -0.260. The Balaban J connectivity index is 1.55. The summed E-state index contributed by atoms with van der Waals surface area (Å²) in [5.41, 5.74) is 4.28. The third kappa shape index (κ3) is 2.52. The molecule has 0 aromatic carbocycles. The summed E-state index contributed by atoms with van der Waals surface area (Å²) in [6, 6.07) is 0. The summed E-state index contributed by atoms with van der Waals surface area (Å²) < 4.78 is 0. The van der Waals surface area contributed by atoms with E-state index in [2.05, 4.69) is 55.0 Å². The number of hydrogen-bond donors (Lipinski definition) is 0. The van der Waals surface area contributed by atoms with Crippen LogP contribution in [0.3, 0.4) is 0 Å². The molecule has 0 aliphatic heterocycles. The minimum absolute atomic E-state index is 0.535. The summed E-state index contributed by atoms with van der Waals surface area (Å²) in [5, 5.41) is 0. The van der Waals surface area contributed by atoms with Crippen molar-refractivity contribution in [3.05, 3.63) is 12.2 Å². The lowest BCUT2D eigenvalue weighted by Gasteiger charge is -2.72. The molecule has 170 valence electrons. The highest BCUT2D eigenvalue weighted by atomic mass is 14.7. The van der Waals surface area contributed by atoms with Crippen molar-refractivity contribution >= 4 is 0 Å². The van der Waals surface area contributed by atoms with Gasteiger partial charge in [-0.05, 0) is 128 Å². The predicted molar refractivity (Wildman–Crippen MR) is 129 cm³/mol. The molecule has 0 N–H and O–H groups in total. The maximum absolute atomic E-state index is 4.50. The second-order valence-electron chi connectivity index (χ2n) is 14.7. The minimum Gasteiger partial charge on any atom is -0.0998 e. The molecule has 0 nitrogen and oxygen atoms in total. The lowest BCUT2D eigenvalue weighted by Crippen LogP contribution is -2.65. The molecule has 9 unspecified atom stereocenters. The van der Waals surface area contributed by atoms with E-state index in [0.29, 0.717) is 27.1 Å². The van der Waals surface area contributed by atoms with Gasteiger partial charge in [-0.15, -0.1) is 0 Å². The molecular formula is C30H50. The number of allylic oxidation sites excluding steroid dienone is 1. The molecule has 9 atom stereocenters. The van der Waals surface area contributed by atoms with Gasteiger partial charge in [0.1, 0.15) is 0 Å². The SMILES string of the molecule is C=C(C)C1CCC2(C)CCC3(C)C(CCC4C5(C)CCCC(C)(C)C5CCC43C)C12. The van der Waals surface area contributed by atoms with Crippen molar-refractivity contribution in [2.24, 2.45) is 56.7 Å². The maximum atomic E-state index is 4.50. The molecule has 0 spiro atoms. The molecule has 0 aromatic heterocycles. The van der Waals surface area contributed by atoms with Crippen molar-refractivity contribution < 1.29 is 0 Å². The highest BCUT2D eigenvalue weighted by Crippen LogP contribution is 2.77. The molecule has 30 heavy (non-hydrogen) atoms. The van der Waals surface area contributed by atoms with E-state index < -0.39 is 0 Å². The smallest absolute Gasteiger partial charge is 0.0172 e. The Morgan fingerprint density at radius 3 is 2.13 bits per heavy atom. The quantitative estimate of drug-likeness (QED) is 0.378. The first-order chi connectivity index (χ1) is 13.9. The highest BCUT2D eigenvalue weighted by molar-refractivity contribution is 5.20. The lowest BCUT2D eigenvalue weighted by molar-refractivity contribution is -0.235. The first-order valence-electron chi connectivity index (χ1n) is 13.5. The fraction of sp³-hybridized carbons (Fsp3) is 0.933. The minimum atomic E-state index is 0.535. The Morgan fingerprint density at radius 2 is 1.43 bits per heavy atom. The van der Waals surface area contributed by atoms with E-state index in [4.69, 9.17) is 0 Å². The standard InChI is InChI=1S/C30H50/c1-20(2)21-12-16-27(5)18-19-29(7)22(25(21)27)10-11-24-28(6)15-9-14-26(3,4)23(28)13-17-30(24,29)8/h21-25H,1,9-19H2,2-8H3. The van der Waals surface area contributed by atoms with Crippen LogP contribution >= 0.6 is 0 Å². The third-order valence-corrected chi connectivity index (χ3v) is 13.2. The van der Waals surface area contributed by atoms with Crippen LogP contribution in [0.15, 0.2) is 12.2 Å². The molecule has 0 heterocycles. The Bertz CT molecular complexity index is 730.